The van der Waals surface area contributed by atoms with Crippen molar-refractivity contribution in [2.24, 2.45) is 0 Å². The summed E-state index contributed by atoms with van der Waals surface area (Å²) in [7, 11) is 0. The summed E-state index contributed by atoms with van der Waals surface area (Å²) in [5.41, 5.74) is -0.233. The van der Waals surface area contributed by atoms with Gasteiger partial charge >= 0.3 is 5.69 Å². The second-order valence-corrected chi connectivity index (χ2v) is 7.19. The number of benzene rings is 2. The second-order valence-electron chi connectivity index (χ2n) is 7.19. The quantitative estimate of drug-likeness (QED) is 0.333. The number of nitro benzene ring substituents is 1. The Morgan fingerprint density at radius 3 is 2.45 bits per heavy atom. The van der Waals surface area contributed by atoms with E-state index in [1.807, 2.05) is 30.3 Å². The number of hydrogen-bond acceptors (Lipinski definition) is 7. The van der Waals surface area contributed by atoms with Crippen molar-refractivity contribution >= 4 is 11.5 Å². The Bertz CT molecular complexity index is 960. The topological polar surface area (TPSA) is 128 Å². The predicted octanol–water partition coefficient (Wildman–Crippen LogP) is 3.14. The first kappa shape index (κ1) is 20.3. The smallest absolute Gasteiger partial charge is 0.315 e. The Labute approximate surface area is 167 Å². The number of carbonyl (C=O) groups excluding carboxylic acids is 1. The average molecular weight is 395 g/mol. The Morgan fingerprint density at radius 2 is 1.86 bits per heavy atom. The molecule has 0 spiro atoms. The van der Waals surface area contributed by atoms with Crippen LogP contribution in [0.5, 0.6) is 11.5 Å². The number of ketones is 1. The normalized spacial score (nSPS) is 16.1. The fraction of sp³-hybridized carbons (Fsp3) is 0.333. The summed E-state index contributed by atoms with van der Waals surface area (Å²) in [6.07, 6.45) is 1.44. The van der Waals surface area contributed by atoms with Crippen LogP contribution in [-0.2, 0) is 5.41 Å². The van der Waals surface area contributed by atoms with Crippen molar-refractivity contribution in [3.05, 3.63) is 63.7 Å². The molecule has 1 saturated heterocycles. The van der Waals surface area contributed by atoms with Crippen LogP contribution in [0.25, 0.3) is 0 Å². The van der Waals surface area contributed by atoms with Crippen LogP contribution >= 0.6 is 0 Å². The summed E-state index contributed by atoms with van der Waals surface area (Å²) < 4.78 is 0. The van der Waals surface area contributed by atoms with Gasteiger partial charge in [-0.2, -0.15) is 5.26 Å². The van der Waals surface area contributed by atoms with Crippen LogP contribution in [0.4, 0.5) is 5.69 Å². The number of rotatable bonds is 6. The van der Waals surface area contributed by atoms with E-state index in [1.165, 1.54) is 0 Å². The number of carbonyl (C=O) groups is 1. The van der Waals surface area contributed by atoms with Crippen molar-refractivity contribution in [3.8, 4) is 17.6 Å². The van der Waals surface area contributed by atoms with Gasteiger partial charge in [-0.3, -0.25) is 14.9 Å². The number of nitro groups is 1. The van der Waals surface area contributed by atoms with Crippen LogP contribution in [0.15, 0.2) is 42.5 Å². The highest BCUT2D eigenvalue weighted by Crippen LogP contribution is 2.37. The number of nitriles is 1. The molecule has 0 atom stereocenters. The van der Waals surface area contributed by atoms with E-state index in [2.05, 4.69) is 11.0 Å². The maximum atomic E-state index is 12.4. The van der Waals surface area contributed by atoms with E-state index in [9.17, 15) is 30.4 Å². The molecule has 1 aliphatic heterocycles. The highest BCUT2D eigenvalue weighted by Gasteiger charge is 2.36. The Balaban J connectivity index is 1.62. The molecule has 0 amide bonds. The molecule has 0 aromatic heterocycles. The lowest BCUT2D eigenvalue weighted by atomic mass is 9.74. The molecular weight excluding hydrogens is 374 g/mol. The fourth-order valence-corrected chi connectivity index (χ4v) is 3.69. The van der Waals surface area contributed by atoms with Crippen LogP contribution < -0.4 is 0 Å². The summed E-state index contributed by atoms with van der Waals surface area (Å²) in [5.74, 6) is -1.90. The van der Waals surface area contributed by atoms with Gasteiger partial charge in [0.15, 0.2) is 11.5 Å². The standard InChI is InChI=1S/C21H21N3O5/c22-14-21(16-4-2-1-3-5-16)7-10-23(11-8-21)9-6-18(25)15-12-17(24(28)29)20(27)19(26)13-15/h1-5,12-13,26-27H,6-11H2. The van der Waals surface area contributed by atoms with Gasteiger partial charge in [-0.05, 0) is 37.6 Å². The van der Waals surface area contributed by atoms with E-state index in [1.54, 1.807) is 0 Å². The molecule has 0 radical (unpaired) electrons. The highest BCUT2D eigenvalue weighted by molar-refractivity contribution is 5.97. The first-order valence-electron chi connectivity index (χ1n) is 9.29. The Hall–Kier alpha value is -3.44. The average Bonchev–Trinajstić information content (AvgIpc) is 2.74. The fourth-order valence-electron chi connectivity index (χ4n) is 3.69. The molecule has 1 aliphatic rings. The van der Waals surface area contributed by atoms with Crippen molar-refractivity contribution in [3.63, 3.8) is 0 Å². The minimum absolute atomic E-state index is 0.0142. The van der Waals surface area contributed by atoms with E-state index in [-0.39, 0.29) is 17.8 Å². The van der Waals surface area contributed by atoms with Crippen LogP contribution in [0.2, 0.25) is 0 Å². The number of hydrogen-bond donors (Lipinski definition) is 2. The number of nitrogens with zero attached hydrogens (tertiary/aromatic N) is 3. The molecular formula is C21H21N3O5. The highest BCUT2D eigenvalue weighted by atomic mass is 16.6. The third-order valence-electron chi connectivity index (χ3n) is 5.49. The van der Waals surface area contributed by atoms with E-state index in [0.29, 0.717) is 32.5 Å². The Morgan fingerprint density at radius 1 is 1.21 bits per heavy atom. The van der Waals surface area contributed by atoms with Crippen molar-refractivity contribution in [1.29, 1.82) is 5.26 Å². The molecule has 1 heterocycles. The number of phenols is 2. The maximum Gasteiger partial charge on any atom is 0.315 e. The SMILES string of the molecule is N#CC1(c2ccccc2)CCN(CCC(=O)c2cc(O)c(O)c([N+](=O)[O-])c2)CC1. The molecule has 1 fully saturated rings. The lowest BCUT2D eigenvalue weighted by Gasteiger charge is -2.37. The zero-order valence-corrected chi connectivity index (χ0v) is 15.7. The zero-order chi connectivity index (χ0) is 21.0. The molecule has 2 aromatic carbocycles. The van der Waals surface area contributed by atoms with Gasteiger partial charge in [0, 0.05) is 24.6 Å². The molecule has 2 aromatic rings. The molecule has 0 aliphatic carbocycles. The van der Waals surface area contributed by atoms with Crippen molar-refractivity contribution in [2.75, 3.05) is 19.6 Å². The third kappa shape index (κ3) is 4.20. The molecule has 3 rings (SSSR count). The van der Waals surface area contributed by atoms with Gasteiger partial charge in [0.2, 0.25) is 5.75 Å². The second kappa shape index (κ2) is 8.29. The van der Waals surface area contributed by atoms with Crippen molar-refractivity contribution in [1.82, 2.24) is 4.90 Å². The minimum Gasteiger partial charge on any atom is -0.504 e. The van der Waals surface area contributed by atoms with Crippen molar-refractivity contribution < 1.29 is 19.9 Å². The van der Waals surface area contributed by atoms with Crippen LogP contribution in [-0.4, -0.2) is 45.5 Å². The van der Waals surface area contributed by atoms with E-state index >= 15 is 0 Å². The largest absolute Gasteiger partial charge is 0.504 e. The first-order chi connectivity index (χ1) is 13.9. The molecule has 150 valence electrons. The molecule has 8 heteroatoms. The van der Waals surface area contributed by atoms with Gasteiger partial charge in [-0.25, -0.2) is 0 Å². The van der Waals surface area contributed by atoms with Crippen LogP contribution in [0.1, 0.15) is 35.2 Å². The monoisotopic (exact) mass is 395 g/mol. The first-order valence-corrected chi connectivity index (χ1v) is 9.29. The number of aromatic hydroxyl groups is 2. The summed E-state index contributed by atoms with van der Waals surface area (Å²) >= 11 is 0. The summed E-state index contributed by atoms with van der Waals surface area (Å²) in [5, 5.41) is 39.9. The number of phenolic OH excluding ortho intramolecular Hbond substituents is 2. The van der Waals surface area contributed by atoms with Gasteiger partial charge in [-0.15, -0.1) is 0 Å². The summed E-state index contributed by atoms with van der Waals surface area (Å²) in [6, 6.07) is 14.2. The molecule has 2 N–H and O–H groups in total. The predicted molar refractivity (Wildman–Crippen MR) is 105 cm³/mol. The number of piperidine rings is 1. The van der Waals surface area contributed by atoms with Crippen molar-refractivity contribution in [2.45, 2.75) is 24.7 Å². The summed E-state index contributed by atoms with van der Waals surface area (Å²) in [4.78, 5) is 24.6. The van der Waals surface area contributed by atoms with E-state index in [4.69, 9.17) is 0 Å². The summed E-state index contributed by atoms with van der Waals surface area (Å²) in [6.45, 7) is 1.78. The lowest BCUT2D eigenvalue weighted by Crippen LogP contribution is -2.42. The zero-order valence-electron chi connectivity index (χ0n) is 15.7. The number of likely N-dealkylation sites (tertiary alicyclic amines) is 1. The van der Waals surface area contributed by atoms with Gasteiger partial charge in [0.1, 0.15) is 0 Å². The maximum absolute atomic E-state index is 12.4. The van der Waals surface area contributed by atoms with Gasteiger partial charge in [-0.1, -0.05) is 30.3 Å². The van der Waals surface area contributed by atoms with Crippen LogP contribution in [0.3, 0.4) is 0 Å². The minimum atomic E-state index is -0.851. The molecule has 29 heavy (non-hydrogen) atoms. The van der Waals surface area contributed by atoms with E-state index < -0.39 is 27.5 Å². The van der Waals surface area contributed by atoms with Gasteiger partial charge in [0.25, 0.3) is 0 Å². The van der Waals surface area contributed by atoms with Gasteiger partial charge < -0.3 is 15.1 Å². The molecule has 8 nitrogen and oxygen atoms in total. The molecule has 0 saturated carbocycles. The van der Waals surface area contributed by atoms with Crippen LogP contribution in [0, 0.1) is 21.4 Å². The Kier molecular flexibility index (Phi) is 5.80. The molecule has 0 unspecified atom stereocenters. The molecule has 0 bridgehead atoms. The van der Waals surface area contributed by atoms with Gasteiger partial charge in [0.05, 0.1) is 16.4 Å². The third-order valence-corrected chi connectivity index (χ3v) is 5.49. The lowest BCUT2D eigenvalue weighted by molar-refractivity contribution is -0.386. The number of Topliss-reactive ketones (excluding diaryl/α,β-unsaturated/α-hetero) is 1. The van der Waals surface area contributed by atoms with E-state index in [0.717, 1.165) is 17.7 Å².